The predicted octanol–water partition coefficient (Wildman–Crippen LogP) is 1.42. The molecule has 96 valence electrons. The lowest BCUT2D eigenvalue weighted by molar-refractivity contribution is 0.1000. The highest BCUT2D eigenvalue weighted by atomic mass is 16.1. The highest BCUT2D eigenvalue weighted by Gasteiger charge is 2.22. The molecule has 0 saturated carbocycles. The lowest BCUT2D eigenvalue weighted by Crippen LogP contribution is -2.31. The number of hydrogen-bond donors (Lipinski definition) is 2. The highest BCUT2D eigenvalue weighted by molar-refractivity contribution is 5.93. The quantitative estimate of drug-likeness (QED) is 0.850. The van der Waals surface area contributed by atoms with Gasteiger partial charge in [0.15, 0.2) is 0 Å². The molecule has 1 aromatic carbocycles. The molecule has 19 heavy (non-hydrogen) atoms. The Hall–Kier alpha value is -2.20. The summed E-state index contributed by atoms with van der Waals surface area (Å²) < 4.78 is 0. The molecule has 0 spiro atoms. The number of carbonyl (C=O) groups is 1. The summed E-state index contributed by atoms with van der Waals surface area (Å²) in [7, 11) is 0. The van der Waals surface area contributed by atoms with Crippen molar-refractivity contribution in [3.8, 4) is 0 Å². The van der Waals surface area contributed by atoms with Crippen LogP contribution in [0.25, 0.3) is 0 Å². The van der Waals surface area contributed by atoms with Crippen LogP contribution in [0.4, 0.5) is 0 Å². The van der Waals surface area contributed by atoms with Crippen molar-refractivity contribution in [2.45, 2.75) is 12.5 Å². The molecule has 1 amide bonds. The summed E-state index contributed by atoms with van der Waals surface area (Å²) in [5.41, 5.74) is 9.40. The number of nitrogens with two attached hydrogens (primary N) is 1. The molecule has 0 bridgehead atoms. The van der Waals surface area contributed by atoms with Gasteiger partial charge in [0.2, 0.25) is 5.91 Å². The number of fused-ring (bicyclic) bond motifs is 1. The van der Waals surface area contributed by atoms with Crippen molar-refractivity contribution in [3.63, 3.8) is 0 Å². The second-order valence-electron chi connectivity index (χ2n) is 4.70. The van der Waals surface area contributed by atoms with Crippen LogP contribution in [0.15, 0.2) is 42.7 Å². The standard InChI is InChI=1S/C15H15N3O/c16-15(19)11-4-3-10-5-7-18-14(13(10)8-11)12-2-1-6-17-9-12/h1-4,6,8-9,14,18H,5,7H2,(H2,16,19). The van der Waals surface area contributed by atoms with Crippen molar-refractivity contribution in [3.05, 3.63) is 65.0 Å². The van der Waals surface area contributed by atoms with Gasteiger partial charge in [-0.1, -0.05) is 12.1 Å². The number of rotatable bonds is 2. The zero-order chi connectivity index (χ0) is 13.2. The van der Waals surface area contributed by atoms with E-state index in [1.54, 1.807) is 12.3 Å². The van der Waals surface area contributed by atoms with Gasteiger partial charge in [0.25, 0.3) is 0 Å². The Balaban J connectivity index is 2.08. The van der Waals surface area contributed by atoms with Gasteiger partial charge in [-0.2, -0.15) is 0 Å². The van der Waals surface area contributed by atoms with Gasteiger partial charge in [0.1, 0.15) is 0 Å². The minimum absolute atomic E-state index is 0.0803. The molecule has 4 nitrogen and oxygen atoms in total. The zero-order valence-electron chi connectivity index (χ0n) is 10.5. The van der Waals surface area contributed by atoms with Crippen molar-refractivity contribution in [2.24, 2.45) is 5.73 Å². The Morgan fingerprint density at radius 3 is 3.00 bits per heavy atom. The second kappa shape index (κ2) is 4.82. The lowest BCUT2D eigenvalue weighted by atomic mass is 9.89. The van der Waals surface area contributed by atoms with Crippen molar-refractivity contribution >= 4 is 5.91 Å². The summed E-state index contributed by atoms with van der Waals surface area (Å²) >= 11 is 0. The fourth-order valence-electron chi connectivity index (χ4n) is 2.55. The van der Waals surface area contributed by atoms with E-state index in [9.17, 15) is 4.79 Å². The van der Waals surface area contributed by atoms with Gasteiger partial charge in [-0.15, -0.1) is 0 Å². The molecular weight excluding hydrogens is 238 g/mol. The summed E-state index contributed by atoms with van der Waals surface area (Å²) in [6, 6.07) is 9.73. The molecule has 2 heterocycles. The summed E-state index contributed by atoms with van der Waals surface area (Å²) in [5, 5.41) is 3.47. The first-order chi connectivity index (χ1) is 9.25. The summed E-state index contributed by atoms with van der Waals surface area (Å²) in [4.78, 5) is 15.5. The maximum atomic E-state index is 11.3. The van der Waals surface area contributed by atoms with Crippen LogP contribution in [0.2, 0.25) is 0 Å². The van der Waals surface area contributed by atoms with Crippen LogP contribution in [0.3, 0.4) is 0 Å². The Bertz CT molecular complexity index is 610. The smallest absolute Gasteiger partial charge is 0.248 e. The predicted molar refractivity (Wildman–Crippen MR) is 72.7 cm³/mol. The van der Waals surface area contributed by atoms with Crippen LogP contribution >= 0.6 is 0 Å². The molecule has 0 aliphatic carbocycles. The van der Waals surface area contributed by atoms with E-state index in [1.807, 2.05) is 30.5 Å². The molecule has 3 N–H and O–H groups in total. The van der Waals surface area contributed by atoms with Crippen LogP contribution in [0, 0.1) is 0 Å². The molecule has 1 aliphatic rings. The largest absolute Gasteiger partial charge is 0.366 e. The van der Waals surface area contributed by atoms with E-state index in [2.05, 4.69) is 10.3 Å². The van der Waals surface area contributed by atoms with Gasteiger partial charge in [-0.25, -0.2) is 0 Å². The van der Waals surface area contributed by atoms with Gasteiger partial charge in [-0.3, -0.25) is 9.78 Å². The van der Waals surface area contributed by atoms with E-state index < -0.39 is 5.91 Å². The SMILES string of the molecule is NC(=O)c1ccc2c(c1)C(c1cccnc1)NCC2. The van der Waals surface area contributed by atoms with Crippen molar-refractivity contribution in [2.75, 3.05) is 6.54 Å². The molecule has 0 radical (unpaired) electrons. The fraction of sp³-hybridized carbons (Fsp3) is 0.200. The first-order valence-corrected chi connectivity index (χ1v) is 6.31. The van der Waals surface area contributed by atoms with E-state index in [4.69, 9.17) is 5.73 Å². The van der Waals surface area contributed by atoms with E-state index >= 15 is 0 Å². The van der Waals surface area contributed by atoms with Gasteiger partial charge in [-0.05, 0) is 41.3 Å². The molecule has 3 rings (SSSR count). The third kappa shape index (κ3) is 2.22. The molecule has 1 atom stereocenters. The third-order valence-corrected chi connectivity index (χ3v) is 3.50. The van der Waals surface area contributed by atoms with Gasteiger partial charge in [0, 0.05) is 24.5 Å². The first-order valence-electron chi connectivity index (χ1n) is 6.31. The van der Waals surface area contributed by atoms with Crippen LogP contribution < -0.4 is 11.1 Å². The molecule has 0 fully saturated rings. The Morgan fingerprint density at radius 1 is 1.37 bits per heavy atom. The summed E-state index contributed by atoms with van der Waals surface area (Å²) in [6.07, 6.45) is 4.57. The number of benzene rings is 1. The molecule has 1 unspecified atom stereocenters. The number of carbonyl (C=O) groups excluding carboxylic acids is 1. The molecule has 4 heteroatoms. The maximum Gasteiger partial charge on any atom is 0.248 e. The molecular formula is C15H15N3O. The number of amides is 1. The van der Waals surface area contributed by atoms with Gasteiger partial charge in [0.05, 0.1) is 6.04 Å². The second-order valence-corrected chi connectivity index (χ2v) is 4.70. The number of pyridine rings is 1. The number of aromatic nitrogens is 1. The third-order valence-electron chi connectivity index (χ3n) is 3.50. The Kier molecular flexibility index (Phi) is 3.01. The van der Waals surface area contributed by atoms with E-state index in [0.29, 0.717) is 5.56 Å². The minimum Gasteiger partial charge on any atom is -0.366 e. The number of hydrogen-bond acceptors (Lipinski definition) is 3. The monoisotopic (exact) mass is 253 g/mol. The Labute approximate surface area is 111 Å². The molecule has 1 aliphatic heterocycles. The van der Waals surface area contributed by atoms with E-state index in [-0.39, 0.29) is 6.04 Å². The van der Waals surface area contributed by atoms with Crippen molar-refractivity contribution in [1.29, 1.82) is 0 Å². The molecule has 2 aromatic rings. The van der Waals surface area contributed by atoms with Crippen molar-refractivity contribution < 1.29 is 4.79 Å². The fourth-order valence-corrected chi connectivity index (χ4v) is 2.55. The van der Waals surface area contributed by atoms with Crippen LogP contribution in [-0.4, -0.2) is 17.4 Å². The highest BCUT2D eigenvalue weighted by Crippen LogP contribution is 2.29. The van der Waals surface area contributed by atoms with Gasteiger partial charge < -0.3 is 11.1 Å². The van der Waals surface area contributed by atoms with E-state index in [1.165, 1.54) is 5.56 Å². The molecule has 0 saturated heterocycles. The van der Waals surface area contributed by atoms with Gasteiger partial charge >= 0.3 is 0 Å². The normalized spacial score (nSPS) is 17.8. The Morgan fingerprint density at radius 2 is 2.26 bits per heavy atom. The van der Waals surface area contributed by atoms with Crippen molar-refractivity contribution in [1.82, 2.24) is 10.3 Å². The molecule has 1 aromatic heterocycles. The zero-order valence-corrected chi connectivity index (χ0v) is 10.5. The number of primary amides is 1. The average Bonchev–Trinajstić information content (AvgIpc) is 2.47. The summed E-state index contributed by atoms with van der Waals surface area (Å²) in [5.74, 6) is -0.390. The number of nitrogens with zero attached hydrogens (tertiary/aromatic N) is 1. The number of nitrogens with one attached hydrogen (secondary N) is 1. The van der Waals surface area contributed by atoms with E-state index in [0.717, 1.165) is 24.1 Å². The van der Waals surface area contributed by atoms with Crippen LogP contribution in [0.5, 0.6) is 0 Å². The minimum atomic E-state index is -0.390. The maximum absolute atomic E-state index is 11.3. The van der Waals surface area contributed by atoms with Crippen LogP contribution in [-0.2, 0) is 6.42 Å². The average molecular weight is 253 g/mol. The first kappa shape index (κ1) is 11.9. The topological polar surface area (TPSA) is 68.0 Å². The summed E-state index contributed by atoms with van der Waals surface area (Å²) in [6.45, 7) is 0.919. The lowest BCUT2D eigenvalue weighted by Gasteiger charge is -2.27. The van der Waals surface area contributed by atoms with Crippen LogP contribution in [0.1, 0.15) is 33.1 Å².